The lowest BCUT2D eigenvalue weighted by Gasteiger charge is -2.46. The van der Waals surface area contributed by atoms with Gasteiger partial charge in [-0.15, -0.1) is 21.5 Å². The number of piperazine rings is 1. The van der Waals surface area contributed by atoms with Gasteiger partial charge < -0.3 is 39.9 Å². The number of para-hydroxylation sites is 1. The number of nitrogens with one attached hydrogen (secondary N) is 2. The minimum absolute atomic E-state index is 0.0750. The Hall–Kier alpha value is -5.62. The Kier molecular flexibility index (Phi) is 12.9. The second kappa shape index (κ2) is 19.0. The van der Waals surface area contributed by atoms with Crippen molar-refractivity contribution in [2.75, 3.05) is 75.7 Å². The van der Waals surface area contributed by atoms with E-state index in [4.69, 9.17) is 9.26 Å². The van der Waals surface area contributed by atoms with Gasteiger partial charge in [-0.05, 0) is 86.6 Å². The van der Waals surface area contributed by atoms with Gasteiger partial charge in [0.15, 0.2) is 5.82 Å². The van der Waals surface area contributed by atoms with Gasteiger partial charge in [0.1, 0.15) is 24.2 Å². The van der Waals surface area contributed by atoms with Crippen LogP contribution in [-0.4, -0.2) is 141 Å². The summed E-state index contributed by atoms with van der Waals surface area (Å²) in [6.45, 7) is 12.0. The van der Waals surface area contributed by atoms with Crippen LogP contribution in [0.4, 0.5) is 11.5 Å². The van der Waals surface area contributed by atoms with E-state index in [0.717, 1.165) is 98.4 Å². The number of fused-ring (bicyclic) bond motifs is 3. The molecule has 5 aromatic rings. The largest absolute Gasteiger partial charge is 0.507 e. The van der Waals surface area contributed by atoms with Gasteiger partial charge in [0.2, 0.25) is 11.8 Å². The standard InChI is InChI=1S/C46H56N10O6S/c1-29(32-9-11-33(12-10-32)44-30(2)48-28-63-44)49-46(60)40-20-35(57)27-56(40)43(59)22-36-21-42(52-62-36)61-19-18-53-14-5-6-31(13-15-53)25-54-16-17-55-34(26-54)24-47-45-39(55)23-38(50-51-45)37-7-3-4-8-41(37)58/h3-4,7-12,21,23,28-29,31,34-35,40,57-58H,5-6,13-20,22,24-27H2,1-2H3,(H,47,51)(H,49,60)/t29-,31?,34-,35+,40-/m0/s1. The van der Waals surface area contributed by atoms with Crippen LogP contribution in [0.25, 0.3) is 21.7 Å². The number of amides is 2. The molecule has 3 saturated heterocycles. The quantitative estimate of drug-likeness (QED) is 0.127. The number of nitrogens with zero attached hydrogens (tertiary/aromatic N) is 8. The average Bonchev–Trinajstić information content (AvgIpc) is 4.00. The second-order valence-electron chi connectivity index (χ2n) is 17.3. The number of ether oxygens (including phenoxy) is 1. The number of rotatable bonds is 13. The van der Waals surface area contributed by atoms with Crippen molar-refractivity contribution in [3.8, 4) is 33.3 Å². The number of aromatic hydroxyl groups is 1. The molecule has 2 aromatic carbocycles. The molecule has 5 atom stereocenters. The van der Waals surface area contributed by atoms with Gasteiger partial charge in [-0.25, -0.2) is 4.98 Å². The molecule has 4 aliphatic rings. The molecule has 0 spiro atoms. The van der Waals surface area contributed by atoms with Gasteiger partial charge in [0.05, 0.1) is 52.1 Å². The van der Waals surface area contributed by atoms with Crippen molar-refractivity contribution < 1.29 is 29.1 Å². The van der Waals surface area contributed by atoms with Crippen molar-refractivity contribution >= 4 is 34.7 Å². The molecule has 17 heteroatoms. The van der Waals surface area contributed by atoms with E-state index in [1.165, 1.54) is 11.3 Å². The molecule has 4 aliphatic heterocycles. The zero-order valence-electron chi connectivity index (χ0n) is 35.9. The van der Waals surface area contributed by atoms with Gasteiger partial charge in [0.25, 0.3) is 5.88 Å². The highest BCUT2D eigenvalue weighted by molar-refractivity contribution is 7.13. The summed E-state index contributed by atoms with van der Waals surface area (Å²) in [7, 11) is 0. The molecule has 0 aliphatic carbocycles. The topological polar surface area (TPSA) is 186 Å². The molecule has 2 amide bonds. The molecule has 0 radical (unpaired) electrons. The number of aliphatic hydroxyl groups excluding tert-OH is 1. The third-order valence-corrected chi connectivity index (χ3v) is 14.0. The van der Waals surface area contributed by atoms with Crippen LogP contribution in [0, 0.1) is 12.8 Å². The number of aryl methyl sites for hydroxylation is 1. The first-order valence-electron chi connectivity index (χ1n) is 22.1. The van der Waals surface area contributed by atoms with E-state index in [0.29, 0.717) is 41.5 Å². The summed E-state index contributed by atoms with van der Waals surface area (Å²) in [4.78, 5) is 41.4. The molecule has 0 saturated carbocycles. The molecule has 332 valence electrons. The van der Waals surface area contributed by atoms with E-state index in [2.05, 4.69) is 45.7 Å². The Labute approximate surface area is 371 Å². The van der Waals surface area contributed by atoms with Gasteiger partial charge in [0, 0.05) is 63.9 Å². The number of β-amino-alcohol motifs (C(OH)–C–C–N with tert-alkyl or cyclic N) is 1. The number of hydrogen-bond donors (Lipinski definition) is 4. The summed E-state index contributed by atoms with van der Waals surface area (Å²) in [6.07, 6.45) is 2.74. The predicted molar refractivity (Wildman–Crippen MR) is 240 cm³/mol. The fraction of sp³-hybridized carbons (Fsp3) is 0.478. The zero-order chi connectivity index (χ0) is 43.5. The highest BCUT2D eigenvalue weighted by Gasteiger charge is 2.40. The lowest BCUT2D eigenvalue weighted by molar-refractivity contribution is -0.138. The van der Waals surface area contributed by atoms with E-state index >= 15 is 0 Å². The molecule has 1 unspecified atom stereocenters. The highest BCUT2D eigenvalue weighted by Crippen LogP contribution is 2.36. The highest BCUT2D eigenvalue weighted by atomic mass is 32.1. The zero-order valence-corrected chi connectivity index (χ0v) is 36.7. The molecule has 3 aromatic heterocycles. The van der Waals surface area contributed by atoms with E-state index < -0.39 is 12.1 Å². The van der Waals surface area contributed by atoms with E-state index in [-0.39, 0.29) is 43.0 Å². The molecule has 3 fully saturated rings. The fourth-order valence-electron chi connectivity index (χ4n) is 9.54. The number of carbonyl (C=O) groups is 2. The van der Waals surface area contributed by atoms with Crippen molar-refractivity contribution in [2.24, 2.45) is 5.92 Å². The predicted octanol–water partition coefficient (Wildman–Crippen LogP) is 4.75. The molecule has 0 bridgehead atoms. The van der Waals surface area contributed by atoms with E-state index in [9.17, 15) is 19.8 Å². The number of carbonyl (C=O) groups excluding carboxylic acids is 2. The SMILES string of the molecule is Cc1ncsc1-c1ccc([C@H](C)NC(=O)[C@@H]2C[C@@H](O)CN2C(=O)Cc2cc(OCCN3CCCC(CN4CCN5c6cc(-c7ccccc7O)nnc6NC[C@H]5C4)CC3)no2)cc1. The van der Waals surface area contributed by atoms with Gasteiger partial charge in [-0.1, -0.05) is 36.4 Å². The van der Waals surface area contributed by atoms with Crippen molar-refractivity contribution in [3.63, 3.8) is 0 Å². The molecule has 4 N–H and O–H groups in total. The molecule has 7 heterocycles. The smallest absolute Gasteiger partial charge is 0.254 e. The minimum Gasteiger partial charge on any atom is -0.507 e. The maximum absolute atomic E-state index is 13.5. The third kappa shape index (κ3) is 9.81. The lowest BCUT2D eigenvalue weighted by Crippen LogP contribution is -2.58. The number of aliphatic hydroxyl groups is 1. The Morgan fingerprint density at radius 1 is 1.03 bits per heavy atom. The molecule has 16 nitrogen and oxygen atoms in total. The van der Waals surface area contributed by atoms with Crippen LogP contribution in [0.5, 0.6) is 11.6 Å². The normalized spacial score (nSPS) is 22.1. The number of aromatic nitrogens is 4. The monoisotopic (exact) mass is 876 g/mol. The maximum atomic E-state index is 13.5. The first kappa shape index (κ1) is 42.7. The number of thiazole rings is 1. The van der Waals surface area contributed by atoms with E-state index in [1.807, 2.05) is 67.9 Å². The molecule has 9 rings (SSSR count). The first-order valence-corrected chi connectivity index (χ1v) is 23.0. The molecule has 63 heavy (non-hydrogen) atoms. The summed E-state index contributed by atoms with van der Waals surface area (Å²) >= 11 is 1.59. The number of phenolic OH excluding ortho intramolecular Hbond substituents is 1. The summed E-state index contributed by atoms with van der Waals surface area (Å²) in [5.41, 5.74) is 7.24. The van der Waals surface area contributed by atoms with Crippen LogP contribution in [0.3, 0.4) is 0 Å². The number of hydrogen-bond acceptors (Lipinski definition) is 15. The fourth-order valence-corrected chi connectivity index (χ4v) is 10.4. The molecular weight excluding hydrogens is 821 g/mol. The van der Waals surface area contributed by atoms with Crippen LogP contribution in [0.15, 0.2) is 70.7 Å². The van der Waals surface area contributed by atoms with Gasteiger partial charge in [-0.3, -0.25) is 19.4 Å². The third-order valence-electron chi connectivity index (χ3n) is 13.0. The van der Waals surface area contributed by atoms with Crippen LogP contribution in [-0.2, 0) is 16.0 Å². The average molecular weight is 877 g/mol. The Morgan fingerprint density at radius 2 is 1.89 bits per heavy atom. The van der Waals surface area contributed by atoms with Crippen molar-refractivity contribution in [1.29, 1.82) is 0 Å². The van der Waals surface area contributed by atoms with Crippen molar-refractivity contribution in [3.05, 3.63) is 83.2 Å². The first-order chi connectivity index (χ1) is 30.6. The van der Waals surface area contributed by atoms with Crippen LogP contribution >= 0.6 is 11.3 Å². The van der Waals surface area contributed by atoms with Gasteiger partial charge >= 0.3 is 0 Å². The lowest BCUT2D eigenvalue weighted by atomic mass is 9.98. The Morgan fingerprint density at radius 3 is 2.71 bits per heavy atom. The summed E-state index contributed by atoms with van der Waals surface area (Å²) in [6, 6.07) is 18.2. The van der Waals surface area contributed by atoms with Crippen molar-refractivity contribution in [2.45, 2.75) is 70.2 Å². The van der Waals surface area contributed by atoms with E-state index in [1.54, 1.807) is 23.5 Å². The van der Waals surface area contributed by atoms with Crippen LogP contribution in [0.2, 0.25) is 0 Å². The number of likely N-dealkylation sites (tertiary alicyclic amines) is 2. The number of anilines is 2. The summed E-state index contributed by atoms with van der Waals surface area (Å²) < 4.78 is 11.5. The molecular formula is C46H56N10O6S. The summed E-state index contributed by atoms with van der Waals surface area (Å²) in [5.74, 6) is 1.68. The van der Waals surface area contributed by atoms with Crippen LogP contribution < -0.4 is 20.3 Å². The van der Waals surface area contributed by atoms with Crippen molar-refractivity contribution in [1.82, 2.24) is 40.4 Å². The van der Waals surface area contributed by atoms with Crippen LogP contribution in [0.1, 0.15) is 55.7 Å². The minimum atomic E-state index is -0.794. The number of benzene rings is 2. The second-order valence-corrected chi connectivity index (χ2v) is 18.2. The maximum Gasteiger partial charge on any atom is 0.254 e. The van der Waals surface area contributed by atoms with Gasteiger partial charge in [-0.2, -0.15) is 0 Å². The summed E-state index contributed by atoms with van der Waals surface area (Å²) in [5, 5.41) is 40.4. The number of phenols is 1. The Balaban J connectivity index is 0.701. The Bertz CT molecular complexity index is 2370.